The Morgan fingerprint density at radius 2 is 2.25 bits per heavy atom. The molecule has 0 aromatic carbocycles. The Bertz CT molecular complexity index is 481. The van der Waals surface area contributed by atoms with E-state index in [-0.39, 0.29) is 0 Å². The average Bonchev–Trinajstić information content (AvgIpc) is 2.66. The molecular formula is C10H10F2N4. The van der Waals surface area contributed by atoms with Crippen molar-refractivity contribution in [1.29, 1.82) is 0 Å². The van der Waals surface area contributed by atoms with Crippen LogP contribution in [0.4, 0.5) is 14.6 Å². The van der Waals surface area contributed by atoms with Gasteiger partial charge in [-0.15, -0.1) is 0 Å². The first kappa shape index (κ1) is 10.5. The number of halogens is 2. The second-order valence-electron chi connectivity index (χ2n) is 3.26. The number of rotatable bonds is 3. The van der Waals surface area contributed by atoms with Crippen molar-refractivity contribution in [2.45, 2.75) is 13.0 Å². The van der Waals surface area contributed by atoms with E-state index in [4.69, 9.17) is 5.73 Å². The Labute approximate surface area is 90.7 Å². The number of hydrogen-bond donors (Lipinski definition) is 1. The highest BCUT2D eigenvalue weighted by Crippen LogP contribution is 2.23. The van der Waals surface area contributed by atoms with Crippen LogP contribution in [0.5, 0.6) is 0 Å². The van der Waals surface area contributed by atoms with E-state index >= 15 is 0 Å². The molecule has 0 atom stereocenters. The number of nitrogen functional groups attached to an aromatic ring is 1. The van der Waals surface area contributed by atoms with Crippen molar-refractivity contribution in [3.05, 3.63) is 30.9 Å². The highest BCUT2D eigenvalue weighted by molar-refractivity contribution is 5.70. The molecule has 2 aromatic heterocycles. The zero-order chi connectivity index (χ0) is 11.5. The van der Waals surface area contributed by atoms with E-state index in [2.05, 4.69) is 9.97 Å². The number of anilines is 1. The van der Waals surface area contributed by atoms with Crippen LogP contribution < -0.4 is 5.73 Å². The van der Waals surface area contributed by atoms with Crippen LogP contribution in [0.1, 0.15) is 0 Å². The van der Waals surface area contributed by atoms with Crippen LogP contribution in [0.2, 0.25) is 0 Å². The Morgan fingerprint density at radius 3 is 2.94 bits per heavy atom. The summed E-state index contributed by atoms with van der Waals surface area (Å²) in [5.41, 5.74) is 6.83. The molecule has 0 saturated heterocycles. The number of nitrogens with two attached hydrogens (primary N) is 1. The Kier molecular flexibility index (Phi) is 2.80. The van der Waals surface area contributed by atoms with Gasteiger partial charge in [0.15, 0.2) is 0 Å². The van der Waals surface area contributed by atoms with Gasteiger partial charge in [-0.1, -0.05) is 0 Å². The second kappa shape index (κ2) is 4.26. The van der Waals surface area contributed by atoms with Gasteiger partial charge in [0.05, 0.1) is 24.8 Å². The van der Waals surface area contributed by atoms with E-state index in [9.17, 15) is 8.78 Å². The van der Waals surface area contributed by atoms with E-state index in [1.807, 2.05) is 0 Å². The minimum atomic E-state index is -2.43. The van der Waals surface area contributed by atoms with Crippen molar-refractivity contribution >= 4 is 5.82 Å². The van der Waals surface area contributed by atoms with Crippen LogP contribution in [0.3, 0.4) is 0 Å². The molecule has 4 nitrogen and oxygen atoms in total. The molecule has 6 heteroatoms. The molecular weight excluding hydrogens is 214 g/mol. The van der Waals surface area contributed by atoms with Crippen LogP contribution >= 0.6 is 0 Å². The van der Waals surface area contributed by atoms with Gasteiger partial charge in [-0.05, 0) is 12.1 Å². The summed E-state index contributed by atoms with van der Waals surface area (Å²) >= 11 is 0. The van der Waals surface area contributed by atoms with Gasteiger partial charge < -0.3 is 10.3 Å². The third-order valence-corrected chi connectivity index (χ3v) is 2.16. The van der Waals surface area contributed by atoms with Gasteiger partial charge in [0.1, 0.15) is 5.82 Å². The largest absolute Gasteiger partial charge is 0.383 e. The molecule has 0 bridgehead atoms. The highest BCUT2D eigenvalue weighted by atomic mass is 19.3. The smallest absolute Gasteiger partial charge is 0.256 e. The van der Waals surface area contributed by atoms with E-state index < -0.39 is 13.0 Å². The maximum atomic E-state index is 12.3. The molecule has 0 radical (unpaired) electrons. The minimum absolute atomic E-state index is 0.304. The molecule has 0 fully saturated rings. The van der Waals surface area contributed by atoms with Crippen LogP contribution in [0.25, 0.3) is 11.3 Å². The summed E-state index contributed by atoms with van der Waals surface area (Å²) in [6.07, 6.45) is 1.97. The predicted octanol–water partition coefficient (Wildman–Crippen LogP) is 1.79. The van der Waals surface area contributed by atoms with Gasteiger partial charge in [0, 0.05) is 11.8 Å². The van der Waals surface area contributed by atoms with Crippen LogP contribution in [0, 0.1) is 0 Å². The summed E-state index contributed by atoms with van der Waals surface area (Å²) < 4.78 is 26.0. The van der Waals surface area contributed by atoms with Gasteiger partial charge in [-0.3, -0.25) is 0 Å². The number of imidazole rings is 1. The molecule has 2 N–H and O–H groups in total. The Morgan fingerprint density at radius 1 is 1.44 bits per heavy atom. The number of hydrogen-bond acceptors (Lipinski definition) is 3. The van der Waals surface area contributed by atoms with Crippen molar-refractivity contribution < 1.29 is 8.78 Å². The fourth-order valence-electron chi connectivity index (χ4n) is 1.47. The van der Waals surface area contributed by atoms with Crippen molar-refractivity contribution in [2.75, 3.05) is 5.73 Å². The molecule has 84 valence electrons. The van der Waals surface area contributed by atoms with Gasteiger partial charge in [-0.25, -0.2) is 18.7 Å². The van der Waals surface area contributed by atoms with Crippen molar-refractivity contribution in [3.63, 3.8) is 0 Å². The van der Waals surface area contributed by atoms with Crippen LogP contribution in [0.15, 0.2) is 30.9 Å². The lowest BCUT2D eigenvalue weighted by Crippen LogP contribution is -2.07. The maximum Gasteiger partial charge on any atom is 0.256 e. The molecule has 2 heterocycles. The highest BCUT2D eigenvalue weighted by Gasteiger charge is 2.12. The molecule has 0 aliphatic rings. The summed E-state index contributed by atoms with van der Waals surface area (Å²) in [4.78, 5) is 7.74. The van der Waals surface area contributed by atoms with Crippen molar-refractivity contribution in [3.8, 4) is 11.3 Å². The first-order valence-electron chi connectivity index (χ1n) is 4.67. The normalized spacial score (nSPS) is 10.9. The maximum absolute atomic E-state index is 12.3. The van der Waals surface area contributed by atoms with Crippen LogP contribution in [-0.2, 0) is 6.54 Å². The molecule has 0 unspecified atom stereocenters. The first-order chi connectivity index (χ1) is 7.68. The summed E-state index contributed by atoms with van der Waals surface area (Å²) in [7, 11) is 0. The third kappa shape index (κ3) is 2.00. The summed E-state index contributed by atoms with van der Waals surface area (Å²) in [5.74, 6) is 0.304. The summed E-state index contributed by atoms with van der Waals surface area (Å²) in [6, 6.07) is 3.42. The lowest BCUT2D eigenvalue weighted by molar-refractivity contribution is 0.127. The third-order valence-electron chi connectivity index (χ3n) is 2.16. The fraction of sp³-hybridized carbons (Fsp3) is 0.200. The lowest BCUT2D eigenvalue weighted by atomic mass is 10.2. The van der Waals surface area contributed by atoms with Gasteiger partial charge >= 0.3 is 0 Å². The van der Waals surface area contributed by atoms with Crippen molar-refractivity contribution in [1.82, 2.24) is 14.5 Å². The summed E-state index contributed by atoms with van der Waals surface area (Å²) in [6.45, 7) is -0.399. The van der Waals surface area contributed by atoms with Gasteiger partial charge in [0.2, 0.25) is 0 Å². The fourth-order valence-corrected chi connectivity index (χ4v) is 1.47. The zero-order valence-corrected chi connectivity index (χ0v) is 8.35. The Hall–Kier alpha value is -1.98. The molecule has 0 aliphatic carbocycles. The zero-order valence-electron chi connectivity index (χ0n) is 8.35. The standard InChI is InChI=1S/C10H10F2N4/c11-9(12)5-16-6-14-4-8(16)7-2-1-3-15-10(7)13/h1-4,6,9H,5H2,(H2,13,15). The average molecular weight is 224 g/mol. The molecule has 0 aliphatic heterocycles. The molecule has 0 saturated carbocycles. The minimum Gasteiger partial charge on any atom is -0.383 e. The lowest BCUT2D eigenvalue weighted by Gasteiger charge is -2.08. The Balaban J connectivity index is 2.41. The van der Waals surface area contributed by atoms with E-state index in [1.165, 1.54) is 17.1 Å². The number of aromatic nitrogens is 3. The van der Waals surface area contributed by atoms with E-state index in [1.54, 1.807) is 18.3 Å². The molecule has 0 spiro atoms. The SMILES string of the molecule is Nc1ncccc1-c1cncn1CC(F)F. The second-order valence-corrected chi connectivity index (χ2v) is 3.26. The first-order valence-corrected chi connectivity index (χ1v) is 4.67. The van der Waals surface area contributed by atoms with Crippen molar-refractivity contribution in [2.24, 2.45) is 0 Å². The van der Waals surface area contributed by atoms with Gasteiger partial charge in [-0.2, -0.15) is 0 Å². The predicted molar refractivity (Wildman–Crippen MR) is 55.9 cm³/mol. The number of nitrogens with zero attached hydrogens (tertiary/aromatic N) is 3. The molecule has 16 heavy (non-hydrogen) atoms. The number of pyridine rings is 1. The monoisotopic (exact) mass is 224 g/mol. The topological polar surface area (TPSA) is 56.7 Å². The van der Waals surface area contributed by atoms with Crippen LogP contribution in [-0.4, -0.2) is 21.0 Å². The number of alkyl halides is 2. The quantitative estimate of drug-likeness (QED) is 0.864. The molecule has 0 amide bonds. The van der Waals surface area contributed by atoms with Gasteiger partial charge in [0.25, 0.3) is 6.43 Å². The van der Waals surface area contributed by atoms with E-state index in [0.717, 1.165) is 0 Å². The van der Waals surface area contributed by atoms with E-state index in [0.29, 0.717) is 17.1 Å². The molecule has 2 rings (SSSR count). The molecule has 2 aromatic rings. The summed E-state index contributed by atoms with van der Waals surface area (Å²) in [5, 5.41) is 0.